The van der Waals surface area contributed by atoms with Crippen molar-refractivity contribution in [2.45, 2.75) is 64.6 Å². The molecule has 3 heterocycles. The topological polar surface area (TPSA) is 114 Å². The van der Waals surface area contributed by atoms with E-state index in [2.05, 4.69) is 79.8 Å². The largest absolute Gasteiger partial charge is 0.395 e. The van der Waals surface area contributed by atoms with Crippen LogP contribution < -0.4 is 15.5 Å². The molecule has 2 amide bonds. The molecule has 2 aliphatic rings. The number of nitrogens with zero attached hydrogens (tertiary/aromatic N) is 5. The van der Waals surface area contributed by atoms with Gasteiger partial charge in [-0.3, -0.25) is 14.5 Å². The molecular weight excluding hydrogens is 566 g/mol. The van der Waals surface area contributed by atoms with Crippen molar-refractivity contribution in [3.63, 3.8) is 0 Å². The molecule has 3 N–H and O–H groups in total. The van der Waals surface area contributed by atoms with Crippen LogP contribution in [-0.2, 0) is 11.3 Å². The maximum Gasteiger partial charge on any atom is 0.257 e. The number of piperidine rings is 2. The lowest BCUT2D eigenvalue weighted by molar-refractivity contribution is -0.115. The first-order valence-electron chi connectivity index (χ1n) is 16.1. The highest BCUT2D eigenvalue weighted by atomic mass is 16.3. The molecule has 10 nitrogen and oxygen atoms in total. The van der Waals surface area contributed by atoms with Crippen LogP contribution in [0.4, 0.5) is 11.4 Å². The Labute approximate surface area is 266 Å². The van der Waals surface area contributed by atoms with E-state index in [1.807, 2.05) is 30.9 Å². The summed E-state index contributed by atoms with van der Waals surface area (Å²) in [5.74, 6) is -0.0837. The predicted molar refractivity (Wildman–Crippen MR) is 177 cm³/mol. The number of hydrogen-bond acceptors (Lipinski definition) is 8. The summed E-state index contributed by atoms with van der Waals surface area (Å²) in [5, 5.41) is 14.8. The van der Waals surface area contributed by atoms with Crippen LogP contribution in [0.3, 0.4) is 0 Å². The van der Waals surface area contributed by atoms with Crippen molar-refractivity contribution < 1.29 is 14.7 Å². The molecule has 0 spiro atoms. The highest BCUT2D eigenvalue weighted by Crippen LogP contribution is 2.34. The number of aromatic nitrogens is 2. The molecular formula is C35H47N7O3. The molecule has 240 valence electrons. The van der Waals surface area contributed by atoms with Gasteiger partial charge in [-0.05, 0) is 76.3 Å². The first-order chi connectivity index (χ1) is 21.8. The number of carbonyl (C=O) groups is 2. The van der Waals surface area contributed by atoms with E-state index in [4.69, 9.17) is 5.11 Å². The summed E-state index contributed by atoms with van der Waals surface area (Å²) in [6, 6.07) is 19.1. The number of anilines is 2. The Morgan fingerprint density at radius 3 is 2.22 bits per heavy atom. The molecule has 5 rings (SSSR count). The Hall–Kier alpha value is -3.86. The molecule has 2 aromatic carbocycles. The maximum absolute atomic E-state index is 13.4. The Balaban J connectivity index is 1.21. The molecule has 2 aliphatic heterocycles. The van der Waals surface area contributed by atoms with Crippen molar-refractivity contribution >= 4 is 23.2 Å². The van der Waals surface area contributed by atoms with Crippen LogP contribution in [0.5, 0.6) is 0 Å². The van der Waals surface area contributed by atoms with Gasteiger partial charge in [0.05, 0.1) is 30.1 Å². The van der Waals surface area contributed by atoms with E-state index in [-0.39, 0.29) is 30.5 Å². The van der Waals surface area contributed by atoms with E-state index < -0.39 is 0 Å². The van der Waals surface area contributed by atoms with Gasteiger partial charge in [0.15, 0.2) is 0 Å². The van der Waals surface area contributed by atoms with Gasteiger partial charge < -0.3 is 25.5 Å². The predicted octanol–water partition coefficient (Wildman–Crippen LogP) is 3.78. The number of aliphatic hydroxyl groups is 1. The third-order valence-electron chi connectivity index (χ3n) is 9.49. The van der Waals surface area contributed by atoms with Crippen LogP contribution in [0.25, 0.3) is 0 Å². The highest BCUT2D eigenvalue weighted by molar-refractivity contribution is 5.96. The standard InChI is InChI=1S/C35H47N7O3/c1-26-33(27(2)38-25-37-26)34(45)40-20-15-35(3,16-21-40)41-18-13-31(14-19-41)42(24-28-7-5-4-6-8-28)30-11-9-29(10-12-30)39-32(44)23-36-17-22-43/h4-12,25,31,36,43H,13-24H2,1-3H3,(H,39,44). The molecule has 10 heteroatoms. The fraction of sp³-hybridized carbons (Fsp3) is 0.486. The molecule has 0 bridgehead atoms. The van der Waals surface area contributed by atoms with E-state index in [9.17, 15) is 9.59 Å². The minimum absolute atomic E-state index is 0.00142. The molecule has 0 radical (unpaired) electrons. The van der Waals surface area contributed by atoms with E-state index >= 15 is 0 Å². The first-order valence-corrected chi connectivity index (χ1v) is 16.1. The van der Waals surface area contributed by atoms with Gasteiger partial charge in [0, 0.05) is 62.2 Å². The minimum Gasteiger partial charge on any atom is -0.395 e. The lowest BCUT2D eigenvalue weighted by Crippen LogP contribution is -2.58. The SMILES string of the molecule is Cc1ncnc(C)c1C(=O)N1CCC(C)(N2CCC(N(Cc3ccccc3)c3ccc(NC(=O)CNCCO)cc3)CC2)CC1. The Morgan fingerprint density at radius 1 is 0.956 bits per heavy atom. The van der Waals surface area contributed by atoms with Gasteiger partial charge in [-0.1, -0.05) is 30.3 Å². The summed E-state index contributed by atoms with van der Waals surface area (Å²) in [6.45, 7) is 11.0. The van der Waals surface area contributed by atoms with Gasteiger partial charge in [-0.2, -0.15) is 0 Å². The van der Waals surface area contributed by atoms with Crippen molar-refractivity contribution in [1.82, 2.24) is 25.1 Å². The summed E-state index contributed by atoms with van der Waals surface area (Å²) >= 11 is 0. The average molecular weight is 614 g/mol. The number of rotatable bonds is 11. The van der Waals surface area contributed by atoms with Gasteiger partial charge >= 0.3 is 0 Å². The van der Waals surface area contributed by atoms with E-state index in [0.717, 1.165) is 81.2 Å². The van der Waals surface area contributed by atoms with E-state index in [1.54, 1.807) is 0 Å². The molecule has 1 aromatic heterocycles. The second kappa shape index (κ2) is 14.9. The van der Waals surface area contributed by atoms with E-state index in [1.165, 1.54) is 11.9 Å². The Kier molecular flexibility index (Phi) is 10.8. The number of nitrogens with one attached hydrogen (secondary N) is 2. The minimum atomic E-state index is -0.132. The average Bonchev–Trinajstić information content (AvgIpc) is 3.05. The van der Waals surface area contributed by atoms with Crippen LogP contribution in [0, 0.1) is 13.8 Å². The summed E-state index contributed by atoms with van der Waals surface area (Å²) in [7, 11) is 0. The van der Waals surface area contributed by atoms with Gasteiger partial charge in [0.1, 0.15) is 6.33 Å². The van der Waals surface area contributed by atoms with Gasteiger partial charge in [0.25, 0.3) is 5.91 Å². The van der Waals surface area contributed by atoms with Crippen molar-refractivity contribution in [3.05, 3.63) is 83.4 Å². The molecule has 0 aliphatic carbocycles. The fourth-order valence-corrected chi connectivity index (χ4v) is 6.72. The number of hydrogen-bond donors (Lipinski definition) is 3. The van der Waals surface area contributed by atoms with Crippen LogP contribution in [0.1, 0.15) is 59.9 Å². The smallest absolute Gasteiger partial charge is 0.257 e. The molecule has 45 heavy (non-hydrogen) atoms. The van der Waals surface area contributed by atoms with Gasteiger partial charge in [-0.25, -0.2) is 9.97 Å². The number of carbonyl (C=O) groups excluding carboxylic acids is 2. The zero-order valence-corrected chi connectivity index (χ0v) is 26.8. The molecule has 2 saturated heterocycles. The Morgan fingerprint density at radius 2 is 1.60 bits per heavy atom. The van der Waals surface area contributed by atoms with Crippen LogP contribution >= 0.6 is 0 Å². The number of aliphatic hydroxyl groups excluding tert-OH is 1. The molecule has 3 aromatic rings. The summed E-state index contributed by atoms with van der Waals surface area (Å²) in [6.07, 6.45) is 5.53. The van der Waals surface area contributed by atoms with Crippen LogP contribution in [0.15, 0.2) is 60.9 Å². The second-order valence-corrected chi connectivity index (χ2v) is 12.5. The zero-order chi connectivity index (χ0) is 31.8. The fourth-order valence-electron chi connectivity index (χ4n) is 6.72. The molecule has 0 atom stereocenters. The van der Waals surface area contributed by atoms with Crippen LogP contribution in [0.2, 0.25) is 0 Å². The van der Waals surface area contributed by atoms with Crippen LogP contribution in [-0.4, -0.2) is 94.1 Å². The van der Waals surface area contributed by atoms with Gasteiger partial charge in [-0.15, -0.1) is 0 Å². The lowest BCUT2D eigenvalue weighted by Gasteiger charge is -2.50. The number of amides is 2. The third kappa shape index (κ3) is 8.06. The number of likely N-dealkylation sites (tertiary alicyclic amines) is 2. The first kappa shape index (κ1) is 32.5. The van der Waals surface area contributed by atoms with E-state index in [0.29, 0.717) is 18.2 Å². The van der Waals surface area contributed by atoms with Crippen molar-refractivity contribution in [1.29, 1.82) is 0 Å². The number of aryl methyl sites for hydroxylation is 2. The van der Waals surface area contributed by atoms with Gasteiger partial charge in [0.2, 0.25) is 5.91 Å². The monoisotopic (exact) mass is 613 g/mol. The summed E-state index contributed by atoms with van der Waals surface area (Å²) in [4.78, 5) is 41.2. The number of benzene rings is 2. The summed E-state index contributed by atoms with van der Waals surface area (Å²) in [5.41, 5.74) is 5.36. The second-order valence-electron chi connectivity index (χ2n) is 12.5. The molecule has 2 fully saturated rings. The Bertz CT molecular complexity index is 1400. The van der Waals surface area contributed by atoms with Crippen molar-refractivity contribution in [3.8, 4) is 0 Å². The molecule has 0 unspecified atom stereocenters. The third-order valence-corrected chi connectivity index (χ3v) is 9.49. The summed E-state index contributed by atoms with van der Waals surface area (Å²) < 4.78 is 0. The molecule has 0 saturated carbocycles. The van der Waals surface area contributed by atoms with Crippen molar-refractivity contribution in [2.24, 2.45) is 0 Å². The zero-order valence-electron chi connectivity index (χ0n) is 26.8. The highest BCUT2D eigenvalue weighted by Gasteiger charge is 2.39. The maximum atomic E-state index is 13.4. The lowest BCUT2D eigenvalue weighted by atomic mass is 9.85. The quantitative estimate of drug-likeness (QED) is 0.280. The normalized spacial score (nSPS) is 17.2. The van der Waals surface area contributed by atoms with Crippen molar-refractivity contribution in [2.75, 3.05) is 56.1 Å².